The highest BCUT2D eigenvalue weighted by Crippen LogP contribution is 2.18. The normalized spacial score (nSPS) is 10.4. The fraction of sp³-hybridized carbons (Fsp3) is 0.500. The molecule has 0 aliphatic rings. The summed E-state index contributed by atoms with van der Waals surface area (Å²) in [6.07, 6.45) is 3.52. The molecule has 0 amide bonds. The second-order valence-corrected chi connectivity index (χ2v) is 4.17. The van der Waals surface area contributed by atoms with Gasteiger partial charge in [0.25, 0.3) is 0 Å². The summed E-state index contributed by atoms with van der Waals surface area (Å²) in [5.41, 5.74) is 0.288. The second kappa shape index (κ2) is 5.92. The highest BCUT2D eigenvalue weighted by Gasteiger charge is 2.12. The molecular weight excluding hydrogens is 215 g/mol. The lowest BCUT2D eigenvalue weighted by Crippen LogP contribution is -2.23. The van der Waals surface area contributed by atoms with Gasteiger partial charge in [-0.15, -0.1) is 0 Å². The number of nitrogens with zero attached hydrogens (tertiary/aromatic N) is 2. The first-order chi connectivity index (χ1) is 7.20. The summed E-state index contributed by atoms with van der Waals surface area (Å²) in [4.78, 5) is 5.73. The van der Waals surface area contributed by atoms with Crippen molar-refractivity contribution in [2.75, 3.05) is 30.5 Å². The molecule has 15 heavy (non-hydrogen) atoms. The molecule has 0 saturated carbocycles. The molecule has 0 bridgehead atoms. The average Bonchev–Trinajstić information content (AvgIpc) is 2.26. The van der Waals surface area contributed by atoms with E-state index in [1.54, 1.807) is 23.7 Å². The van der Waals surface area contributed by atoms with E-state index < -0.39 is 5.82 Å². The molecule has 0 aromatic carbocycles. The van der Waals surface area contributed by atoms with E-state index in [1.807, 2.05) is 6.26 Å². The van der Waals surface area contributed by atoms with Crippen molar-refractivity contribution >= 4 is 17.6 Å². The SMILES string of the molecule is CSCCN(C)c1nccc(CO)c1F. The third-order valence-electron chi connectivity index (χ3n) is 2.11. The van der Waals surface area contributed by atoms with Crippen molar-refractivity contribution in [1.82, 2.24) is 4.98 Å². The molecule has 1 N–H and O–H groups in total. The maximum absolute atomic E-state index is 13.7. The summed E-state index contributed by atoms with van der Waals surface area (Å²) in [6.45, 7) is 0.442. The van der Waals surface area contributed by atoms with Crippen LogP contribution in [0.15, 0.2) is 12.3 Å². The van der Waals surface area contributed by atoms with Crippen LogP contribution >= 0.6 is 11.8 Å². The number of rotatable bonds is 5. The van der Waals surface area contributed by atoms with Crippen molar-refractivity contribution in [1.29, 1.82) is 0 Å². The largest absolute Gasteiger partial charge is 0.392 e. The van der Waals surface area contributed by atoms with Crippen molar-refractivity contribution in [3.63, 3.8) is 0 Å². The summed E-state index contributed by atoms with van der Waals surface area (Å²) in [5, 5.41) is 8.91. The number of anilines is 1. The fourth-order valence-corrected chi connectivity index (χ4v) is 1.65. The predicted molar refractivity (Wildman–Crippen MR) is 61.8 cm³/mol. The number of hydrogen-bond acceptors (Lipinski definition) is 4. The van der Waals surface area contributed by atoms with Gasteiger partial charge in [0.15, 0.2) is 11.6 Å². The third-order valence-corrected chi connectivity index (χ3v) is 2.70. The van der Waals surface area contributed by atoms with Crippen LogP contribution in [-0.2, 0) is 6.61 Å². The average molecular weight is 230 g/mol. The van der Waals surface area contributed by atoms with E-state index in [2.05, 4.69) is 4.98 Å². The van der Waals surface area contributed by atoms with Gasteiger partial charge in [0.05, 0.1) is 6.61 Å². The maximum Gasteiger partial charge on any atom is 0.171 e. The molecule has 0 unspecified atom stereocenters. The number of halogens is 1. The van der Waals surface area contributed by atoms with Gasteiger partial charge in [-0.25, -0.2) is 9.37 Å². The highest BCUT2D eigenvalue weighted by molar-refractivity contribution is 7.98. The minimum absolute atomic E-state index is 0.288. The maximum atomic E-state index is 13.7. The fourth-order valence-electron chi connectivity index (χ4n) is 1.19. The zero-order chi connectivity index (χ0) is 11.3. The van der Waals surface area contributed by atoms with E-state index in [4.69, 9.17) is 5.11 Å². The molecule has 1 aromatic heterocycles. The number of thioether (sulfide) groups is 1. The number of aliphatic hydroxyl groups excluding tert-OH is 1. The molecule has 1 rings (SSSR count). The highest BCUT2D eigenvalue weighted by atomic mass is 32.2. The Kier molecular flexibility index (Phi) is 4.84. The van der Waals surface area contributed by atoms with Crippen LogP contribution in [0.1, 0.15) is 5.56 Å². The Morgan fingerprint density at radius 2 is 2.33 bits per heavy atom. The molecule has 1 aromatic rings. The lowest BCUT2D eigenvalue weighted by atomic mass is 10.2. The molecule has 0 spiro atoms. The molecule has 3 nitrogen and oxygen atoms in total. The smallest absolute Gasteiger partial charge is 0.171 e. The molecule has 0 aliphatic heterocycles. The first kappa shape index (κ1) is 12.3. The molecule has 84 valence electrons. The molecule has 0 aliphatic carbocycles. The Labute approximate surface area is 93.3 Å². The second-order valence-electron chi connectivity index (χ2n) is 3.18. The summed E-state index contributed by atoms with van der Waals surface area (Å²) >= 11 is 1.70. The molecule has 5 heteroatoms. The van der Waals surface area contributed by atoms with Gasteiger partial charge in [0.1, 0.15) is 0 Å². The Balaban J connectivity index is 2.83. The quantitative estimate of drug-likeness (QED) is 0.832. The van der Waals surface area contributed by atoms with Gasteiger partial charge in [0.2, 0.25) is 0 Å². The molecule has 0 saturated heterocycles. The minimum Gasteiger partial charge on any atom is -0.392 e. The van der Waals surface area contributed by atoms with Crippen molar-refractivity contribution in [2.24, 2.45) is 0 Å². The van der Waals surface area contributed by atoms with Crippen LogP contribution in [0.3, 0.4) is 0 Å². The molecule has 0 radical (unpaired) electrons. The van der Waals surface area contributed by atoms with Gasteiger partial charge in [-0.3, -0.25) is 0 Å². The van der Waals surface area contributed by atoms with E-state index in [-0.39, 0.29) is 12.2 Å². The monoisotopic (exact) mass is 230 g/mol. The van der Waals surface area contributed by atoms with Gasteiger partial charge >= 0.3 is 0 Å². The summed E-state index contributed by atoms with van der Waals surface area (Å²) in [5.74, 6) is 0.792. The minimum atomic E-state index is -0.427. The first-order valence-corrected chi connectivity index (χ1v) is 6.04. The van der Waals surface area contributed by atoms with Crippen LogP contribution in [-0.4, -0.2) is 35.7 Å². The number of pyridine rings is 1. The third kappa shape index (κ3) is 3.07. The van der Waals surface area contributed by atoms with Crippen LogP contribution in [0.2, 0.25) is 0 Å². The van der Waals surface area contributed by atoms with Gasteiger partial charge in [0, 0.05) is 31.1 Å². The molecule has 1 heterocycles. The van der Waals surface area contributed by atoms with Crippen molar-refractivity contribution in [2.45, 2.75) is 6.61 Å². The van der Waals surface area contributed by atoms with Crippen LogP contribution in [0.4, 0.5) is 10.2 Å². The van der Waals surface area contributed by atoms with E-state index in [9.17, 15) is 4.39 Å². The van der Waals surface area contributed by atoms with Crippen molar-refractivity contribution < 1.29 is 9.50 Å². The van der Waals surface area contributed by atoms with Gasteiger partial charge in [-0.2, -0.15) is 11.8 Å². The zero-order valence-corrected chi connectivity index (χ0v) is 9.72. The molecule has 0 atom stereocenters. The first-order valence-electron chi connectivity index (χ1n) is 4.65. The van der Waals surface area contributed by atoms with Crippen LogP contribution in [0.5, 0.6) is 0 Å². The van der Waals surface area contributed by atoms with Crippen molar-refractivity contribution in [3.05, 3.63) is 23.6 Å². The number of hydrogen-bond donors (Lipinski definition) is 1. The Hall–Kier alpha value is -0.810. The van der Waals surface area contributed by atoms with Crippen molar-refractivity contribution in [3.8, 4) is 0 Å². The topological polar surface area (TPSA) is 36.4 Å². The van der Waals surface area contributed by atoms with Crippen LogP contribution in [0, 0.1) is 5.82 Å². The predicted octanol–water partition coefficient (Wildman–Crippen LogP) is 1.51. The summed E-state index contributed by atoms with van der Waals surface area (Å²) < 4.78 is 13.7. The Morgan fingerprint density at radius 3 is 2.93 bits per heavy atom. The molecular formula is C10H15FN2OS. The lowest BCUT2D eigenvalue weighted by Gasteiger charge is -2.18. The van der Waals surface area contributed by atoms with E-state index in [0.29, 0.717) is 5.82 Å². The van der Waals surface area contributed by atoms with Crippen LogP contribution in [0.25, 0.3) is 0 Å². The van der Waals surface area contributed by atoms with E-state index in [0.717, 1.165) is 12.3 Å². The van der Waals surface area contributed by atoms with E-state index in [1.165, 1.54) is 12.3 Å². The number of aromatic nitrogens is 1. The Morgan fingerprint density at radius 1 is 1.60 bits per heavy atom. The summed E-state index contributed by atoms with van der Waals surface area (Å²) in [7, 11) is 1.79. The number of aliphatic hydroxyl groups is 1. The molecule has 0 fully saturated rings. The standard InChI is InChI=1S/C10H15FN2OS/c1-13(5-6-15-2)10-9(11)8(7-14)3-4-12-10/h3-4,14H,5-7H2,1-2H3. The summed E-state index contributed by atoms with van der Waals surface area (Å²) in [6, 6.07) is 1.49. The van der Waals surface area contributed by atoms with Crippen LogP contribution < -0.4 is 4.90 Å². The Bertz CT molecular complexity index is 322. The van der Waals surface area contributed by atoms with Gasteiger partial charge in [-0.1, -0.05) is 0 Å². The van der Waals surface area contributed by atoms with Gasteiger partial charge in [-0.05, 0) is 12.3 Å². The lowest BCUT2D eigenvalue weighted by molar-refractivity contribution is 0.275. The zero-order valence-electron chi connectivity index (χ0n) is 8.90. The van der Waals surface area contributed by atoms with Gasteiger partial charge < -0.3 is 10.0 Å². The van der Waals surface area contributed by atoms with E-state index >= 15 is 0 Å².